The number of fused-ring (bicyclic) bond motifs is 1. The van der Waals surface area contributed by atoms with Crippen LogP contribution in [0.2, 0.25) is 0 Å². The maximum absolute atomic E-state index is 15.0. The van der Waals surface area contributed by atoms with E-state index in [9.17, 15) is 58.2 Å². The summed E-state index contributed by atoms with van der Waals surface area (Å²) in [5.41, 5.74) is 37.4. The average molecular weight is 1380 g/mol. The van der Waals surface area contributed by atoms with Gasteiger partial charge in [0.2, 0.25) is 29.5 Å². The van der Waals surface area contributed by atoms with Crippen LogP contribution in [-0.2, 0) is 67.2 Å². The molecule has 0 bridgehead atoms. The summed E-state index contributed by atoms with van der Waals surface area (Å²) in [4.78, 5) is 151. The van der Waals surface area contributed by atoms with E-state index in [1.165, 1.54) is 23.9 Å². The summed E-state index contributed by atoms with van der Waals surface area (Å²) in [7, 11) is 0. The topological polar surface area (TPSA) is 456 Å². The van der Waals surface area contributed by atoms with Crippen LogP contribution in [0.3, 0.4) is 0 Å². The predicted molar refractivity (Wildman–Crippen MR) is 383 cm³/mol. The number of unbranched alkanes of at least 4 members (excludes halogenated alkanes) is 3. The minimum absolute atomic E-state index is 0.00782. The Bertz CT molecular complexity index is 3220. The van der Waals surface area contributed by atoms with E-state index >= 15 is 0 Å². The highest BCUT2D eigenvalue weighted by Gasteiger charge is 2.38. The minimum Gasteiger partial charge on any atom is -0.508 e. The quantitative estimate of drug-likeness (QED) is 0.00932. The molecule has 0 unspecified atom stereocenters. The second-order valence-electron chi connectivity index (χ2n) is 26.3. The third-order valence-electron chi connectivity index (χ3n) is 17.7. The zero-order chi connectivity index (χ0) is 72.3. The van der Waals surface area contributed by atoms with E-state index in [0.29, 0.717) is 93.4 Å². The molecule has 25 nitrogen and oxygen atoms in total. The number of para-hydroxylation sites is 1. The number of rotatable bonds is 50. The first kappa shape index (κ1) is 82.4. The molecule has 5 amide bonds. The molecule has 540 valence electrons. The fraction of sp³-hybridized carbons (Fsp3) is 0.569. The Hall–Kier alpha value is -8.04. The molecule has 98 heavy (non-hydrogen) atoms. The number of carboxylic acids is 1. The number of benzene rings is 3. The predicted octanol–water partition coefficient (Wildman–Crippen LogP) is 4.75. The largest absolute Gasteiger partial charge is 0.508 e. The molecule has 0 spiro atoms. The molecule has 0 aliphatic rings. The highest BCUT2D eigenvalue weighted by atomic mass is 32.2. The summed E-state index contributed by atoms with van der Waals surface area (Å²) in [6.07, 6.45) is 5.92. The fourth-order valence-electron chi connectivity index (χ4n) is 11.9. The lowest BCUT2D eigenvalue weighted by molar-refractivity contribution is -0.148. The lowest BCUT2D eigenvalue weighted by atomic mass is 9.85. The van der Waals surface area contributed by atoms with Crippen molar-refractivity contribution in [2.45, 2.75) is 180 Å². The summed E-state index contributed by atoms with van der Waals surface area (Å²) < 4.78 is 0. The van der Waals surface area contributed by atoms with Crippen LogP contribution in [0.4, 0.5) is 0 Å². The van der Waals surface area contributed by atoms with Crippen molar-refractivity contribution < 1.29 is 58.2 Å². The number of amides is 5. The highest BCUT2D eigenvalue weighted by Crippen LogP contribution is 2.27. The SMILES string of the molecule is CSCC[C@@H](NC(=O)[C@H](CC(=O)[C@@H](CCCCN)NC(=O)[C@@H](CCCCN)C(=O)O)Cc1c[nH]c2ccccc12)C(=O)C[C@@H](C(=O)N[C@@H](C(=O)C[C@H](Cc1ccc(O)cc1)C(=O)N[C@H](Cc1ccccc1)C(=O)C[C@H](CCCN=C(N)N)C(=O)N[C@@H](N)CCCCN)C(C)C)C(C)C. The van der Waals surface area contributed by atoms with Crippen molar-refractivity contribution >= 4 is 87.3 Å². The summed E-state index contributed by atoms with van der Waals surface area (Å²) in [6.45, 7) is 8.25. The van der Waals surface area contributed by atoms with Crippen LogP contribution in [0.15, 0.2) is 90.1 Å². The van der Waals surface area contributed by atoms with E-state index in [1.807, 2.05) is 36.6 Å². The number of aliphatic imine (C=N–C) groups is 1. The fourth-order valence-corrected chi connectivity index (χ4v) is 12.4. The maximum Gasteiger partial charge on any atom is 0.316 e. The number of guanidine groups is 1. The Morgan fingerprint density at radius 1 is 0.520 bits per heavy atom. The van der Waals surface area contributed by atoms with Gasteiger partial charge in [0.05, 0.1) is 30.3 Å². The molecule has 10 atom stereocenters. The molecule has 4 aromatic rings. The molecule has 0 saturated heterocycles. The van der Waals surface area contributed by atoms with Gasteiger partial charge in [0.1, 0.15) is 11.7 Å². The monoisotopic (exact) mass is 1380 g/mol. The van der Waals surface area contributed by atoms with Gasteiger partial charge in [-0.2, -0.15) is 11.8 Å². The number of nitrogens with two attached hydrogens (primary N) is 6. The Kier molecular flexibility index (Phi) is 37.1. The van der Waals surface area contributed by atoms with Gasteiger partial charge in [-0.15, -0.1) is 0 Å². The molecule has 1 heterocycles. The van der Waals surface area contributed by atoms with Gasteiger partial charge in [0.25, 0.3) is 0 Å². The van der Waals surface area contributed by atoms with Crippen molar-refractivity contribution in [2.75, 3.05) is 38.2 Å². The number of nitrogens with one attached hydrogen (secondary N) is 6. The standard InChI is InChI=1S/C72H109N13O12S/c1-44(2)55(42-62(89)58(30-35-98-5)81-68(93)50(38-51-43-80-56-23-10-9-21-53(51)56)40-60(87)57(24-12-15-32-74)82-69(94)54(71(96)97)22-11-14-31-73)70(95)85-65(45(3)4)63(90)41-49(36-47-26-28-52(86)29-27-47)67(92)83-59(37-46-18-7-6-8-19-46)61(88)39-48(20-17-34-79-72(77)78)66(91)84-64(76)25-13-16-33-75/h6-10,18-19,21,23,26-29,43-45,48-50,54-55,57-59,64-65,80,86H,11-17,20,22,24-25,30-42,73-76H2,1-5H3,(H,81,93)(H,82,94)(H,83,92)(H,84,91)(H,85,95)(H,96,97)(H4,77,78,79)/t48-,49-,50-,54+,55+,57+,58+,59+,64+,65+/m0/s1. The molecule has 0 fully saturated rings. The lowest BCUT2D eigenvalue weighted by Gasteiger charge is -2.29. The summed E-state index contributed by atoms with van der Waals surface area (Å²) in [5.74, 6) is -12.9. The minimum atomic E-state index is -1.44. The molecule has 0 aliphatic heterocycles. The van der Waals surface area contributed by atoms with Crippen molar-refractivity contribution in [2.24, 2.45) is 80.8 Å². The zero-order valence-electron chi connectivity index (χ0n) is 57.8. The van der Waals surface area contributed by atoms with E-state index in [1.54, 1.807) is 70.3 Å². The molecule has 26 heteroatoms. The average Bonchev–Trinajstić information content (AvgIpc) is 1.60. The molecule has 20 N–H and O–H groups in total. The van der Waals surface area contributed by atoms with Crippen LogP contribution >= 0.6 is 11.8 Å². The molecule has 4 rings (SSSR count). The van der Waals surface area contributed by atoms with Gasteiger partial charge in [0, 0.05) is 73.0 Å². The molecular weight excluding hydrogens is 1270 g/mol. The number of aromatic hydroxyl groups is 1. The number of aliphatic carboxylic acids is 1. The number of aromatic nitrogens is 1. The number of H-pyrrole nitrogens is 1. The molecular formula is C72H109N13O12S. The highest BCUT2D eigenvalue weighted by molar-refractivity contribution is 7.98. The van der Waals surface area contributed by atoms with Gasteiger partial charge in [-0.05, 0) is 168 Å². The molecule has 1 aromatic heterocycles. The van der Waals surface area contributed by atoms with E-state index in [2.05, 4.69) is 36.6 Å². The van der Waals surface area contributed by atoms with E-state index in [-0.39, 0.29) is 76.0 Å². The van der Waals surface area contributed by atoms with Crippen molar-refractivity contribution in [3.8, 4) is 5.75 Å². The number of aromatic amines is 1. The van der Waals surface area contributed by atoms with Crippen LogP contribution in [-0.4, -0.2) is 148 Å². The Morgan fingerprint density at radius 2 is 1.05 bits per heavy atom. The second-order valence-corrected chi connectivity index (χ2v) is 27.2. The molecule has 0 saturated carbocycles. The normalized spacial score (nSPS) is 14.5. The van der Waals surface area contributed by atoms with Crippen molar-refractivity contribution in [1.29, 1.82) is 0 Å². The number of carboxylic acid groups (broad SMARTS) is 1. The number of carbonyl (C=O) groups is 10. The third kappa shape index (κ3) is 28.8. The van der Waals surface area contributed by atoms with Gasteiger partial charge in [-0.25, -0.2) is 0 Å². The van der Waals surface area contributed by atoms with Gasteiger partial charge in [0.15, 0.2) is 29.1 Å². The van der Waals surface area contributed by atoms with E-state index in [0.717, 1.165) is 10.9 Å². The lowest BCUT2D eigenvalue weighted by Crippen LogP contribution is -2.51. The number of thioether (sulfide) groups is 1. The smallest absolute Gasteiger partial charge is 0.316 e. The number of ketones is 4. The summed E-state index contributed by atoms with van der Waals surface area (Å²) in [6, 6.07) is 17.9. The molecule has 0 radical (unpaired) electrons. The number of nitrogens with zero attached hydrogens (tertiary/aromatic N) is 1. The number of phenolic OH excluding ortho intramolecular Hbond substituents is 1. The van der Waals surface area contributed by atoms with Crippen LogP contribution in [0.1, 0.15) is 147 Å². The Balaban J connectivity index is 1.64. The van der Waals surface area contributed by atoms with Crippen LogP contribution in [0, 0.1) is 41.4 Å². The summed E-state index contributed by atoms with van der Waals surface area (Å²) >= 11 is 1.43. The van der Waals surface area contributed by atoms with Gasteiger partial charge >= 0.3 is 5.97 Å². The van der Waals surface area contributed by atoms with Crippen LogP contribution < -0.4 is 61.0 Å². The van der Waals surface area contributed by atoms with Crippen LogP contribution in [0.25, 0.3) is 10.9 Å². The number of carbonyl (C=O) groups excluding carboxylic acids is 9. The number of hydrogen-bond donors (Lipinski definition) is 14. The maximum atomic E-state index is 15.0. The van der Waals surface area contributed by atoms with E-state index < -0.39 is 143 Å². The Labute approximate surface area is 580 Å². The van der Waals surface area contributed by atoms with E-state index in [4.69, 9.17) is 34.4 Å². The first-order chi connectivity index (χ1) is 46.8. The number of phenols is 1. The molecule has 3 aromatic carbocycles. The number of hydrogen-bond acceptors (Lipinski definition) is 17. The summed E-state index contributed by atoms with van der Waals surface area (Å²) in [5, 5.41) is 35.4. The van der Waals surface area contributed by atoms with Gasteiger partial charge in [-0.3, -0.25) is 52.9 Å². The van der Waals surface area contributed by atoms with Crippen molar-refractivity contribution in [3.63, 3.8) is 0 Å². The zero-order valence-corrected chi connectivity index (χ0v) is 58.6. The van der Waals surface area contributed by atoms with Crippen molar-refractivity contribution in [1.82, 2.24) is 31.6 Å². The molecule has 0 aliphatic carbocycles. The Morgan fingerprint density at radius 3 is 1.66 bits per heavy atom. The van der Waals surface area contributed by atoms with Gasteiger partial charge in [-0.1, -0.05) is 94.8 Å². The first-order valence-corrected chi connectivity index (χ1v) is 35.8. The van der Waals surface area contributed by atoms with Crippen molar-refractivity contribution in [3.05, 3.63) is 102 Å². The first-order valence-electron chi connectivity index (χ1n) is 34.4. The second kappa shape index (κ2) is 44.1. The third-order valence-corrected chi connectivity index (χ3v) is 18.4. The van der Waals surface area contributed by atoms with Gasteiger partial charge < -0.3 is 76.2 Å². The number of Topliss-reactive ketones (excluding diaryl/α,β-unsaturated/α-hetero) is 4. The van der Waals surface area contributed by atoms with Crippen LogP contribution in [0.5, 0.6) is 5.75 Å².